The number of likely N-dealkylation sites (N-methyl/N-ethyl adjacent to an activating group) is 1. The lowest BCUT2D eigenvalue weighted by Crippen LogP contribution is -2.32. The van der Waals surface area contributed by atoms with Crippen molar-refractivity contribution in [1.82, 2.24) is 14.7 Å². The van der Waals surface area contributed by atoms with Gasteiger partial charge in [0.05, 0.1) is 23.9 Å². The highest BCUT2D eigenvalue weighted by Crippen LogP contribution is 2.31. The van der Waals surface area contributed by atoms with Crippen molar-refractivity contribution in [1.29, 1.82) is 0 Å². The van der Waals surface area contributed by atoms with Crippen molar-refractivity contribution in [3.05, 3.63) is 40.0 Å². The monoisotopic (exact) mass is 394 g/mol. The molecule has 1 heterocycles. The number of anilines is 1. The van der Waals surface area contributed by atoms with E-state index < -0.39 is 0 Å². The van der Waals surface area contributed by atoms with Crippen molar-refractivity contribution in [2.45, 2.75) is 44.7 Å². The highest BCUT2D eigenvalue weighted by molar-refractivity contribution is 7.71. The van der Waals surface area contributed by atoms with Gasteiger partial charge in [0.15, 0.2) is 0 Å². The van der Waals surface area contributed by atoms with Gasteiger partial charge in [-0.2, -0.15) is 0 Å². The van der Waals surface area contributed by atoms with Crippen LogP contribution in [0.15, 0.2) is 28.7 Å². The van der Waals surface area contributed by atoms with E-state index in [-0.39, 0.29) is 12.5 Å². The van der Waals surface area contributed by atoms with Crippen LogP contribution in [-0.4, -0.2) is 34.2 Å². The fourth-order valence-corrected chi connectivity index (χ4v) is 3.57. The third-order valence-electron chi connectivity index (χ3n) is 4.51. The van der Waals surface area contributed by atoms with Gasteiger partial charge in [-0.05, 0) is 44.2 Å². The molecule has 140 valence electrons. The van der Waals surface area contributed by atoms with Gasteiger partial charge in [-0.15, -0.1) is 5.10 Å². The number of para-hydroxylation sites is 1. The maximum atomic E-state index is 12.2. The Morgan fingerprint density at radius 1 is 1.38 bits per heavy atom. The van der Waals surface area contributed by atoms with E-state index >= 15 is 0 Å². The summed E-state index contributed by atoms with van der Waals surface area (Å²) in [6, 6.07) is 7.15. The number of aromatic nitrogens is 2. The first kappa shape index (κ1) is 19.1. The van der Waals surface area contributed by atoms with Gasteiger partial charge in [0, 0.05) is 5.92 Å². The average molecular weight is 395 g/mol. The molecule has 2 aromatic rings. The Balaban J connectivity index is 1.57. The number of nitrogens with zero attached hydrogens (tertiary/aromatic N) is 3. The molecule has 8 heteroatoms. The van der Waals surface area contributed by atoms with E-state index in [0.717, 1.165) is 18.7 Å². The third-order valence-corrected chi connectivity index (χ3v) is 5.14. The lowest BCUT2D eigenvalue weighted by molar-refractivity contribution is -0.117. The van der Waals surface area contributed by atoms with Crippen molar-refractivity contribution in [3.8, 4) is 0 Å². The summed E-state index contributed by atoms with van der Waals surface area (Å²) in [4.78, 5) is 14.4. The Morgan fingerprint density at radius 2 is 2.12 bits per heavy atom. The molecule has 1 amide bonds. The van der Waals surface area contributed by atoms with Crippen molar-refractivity contribution in [3.63, 3.8) is 0 Å². The Bertz CT molecular complexity index is 814. The molecule has 1 aromatic carbocycles. The summed E-state index contributed by atoms with van der Waals surface area (Å²) in [5.41, 5.74) is 0.602. The van der Waals surface area contributed by atoms with Gasteiger partial charge in [-0.1, -0.05) is 43.0 Å². The highest BCUT2D eigenvalue weighted by Gasteiger charge is 2.21. The molecule has 1 N–H and O–H groups in total. The second-order valence-electron chi connectivity index (χ2n) is 6.72. The Labute approximate surface area is 163 Å². The molecule has 0 aliphatic heterocycles. The molecule has 1 fully saturated rings. The van der Waals surface area contributed by atoms with E-state index in [1.165, 1.54) is 19.3 Å². The van der Waals surface area contributed by atoms with Crippen LogP contribution in [0.1, 0.15) is 43.9 Å². The zero-order chi connectivity index (χ0) is 18.5. The molecule has 1 aliphatic rings. The fourth-order valence-electron chi connectivity index (χ4n) is 3.20. The van der Waals surface area contributed by atoms with E-state index in [1.807, 2.05) is 24.1 Å². The molecule has 3 rings (SSSR count). The molecule has 0 unspecified atom stereocenters. The highest BCUT2D eigenvalue weighted by atomic mass is 35.5. The summed E-state index contributed by atoms with van der Waals surface area (Å²) in [6.45, 7) is 0.587. The predicted octanol–water partition coefficient (Wildman–Crippen LogP) is 4.43. The number of rotatable bonds is 6. The lowest BCUT2D eigenvalue weighted by Gasteiger charge is -2.18. The molecule has 6 nitrogen and oxygen atoms in total. The topological polar surface area (TPSA) is 63.3 Å². The number of nitrogens with one attached hydrogen (secondary N) is 1. The zero-order valence-corrected chi connectivity index (χ0v) is 16.4. The van der Waals surface area contributed by atoms with Gasteiger partial charge in [0.25, 0.3) is 4.84 Å². The van der Waals surface area contributed by atoms with Crippen LogP contribution in [0.25, 0.3) is 0 Å². The van der Waals surface area contributed by atoms with Gasteiger partial charge in [0.1, 0.15) is 0 Å². The van der Waals surface area contributed by atoms with E-state index in [9.17, 15) is 4.79 Å². The molecule has 1 saturated carbocycles. The van der Waals surface area contributed by atoms with Crippen molar-refractivity contribution in [2.24, 2.45) is 0 Å². The largest absolute Gasteiger partial charge is 0.414 e. The van der Waals surface area contributed by atoms with Crippen LogP contribution in [0.3, 0.4) is 0 Å². The average Bonchev–Trinajstić information content (AvgIpc) is 2.98. The third kappa shape index (κ3) is 4.93. The van der Waals surface area contributed by atoms with Gasteiger partial charge in [-0.25, -0.2) is 4.68 Å². The quantitative estimate of drug-likeness (QED) is 0.734. The second kappa shape index (κ2) is 8.79. The molecule has 26 heavy (non-hydrogen) atoms. The summed E-state index contributed by atoms with van der Waals surface area (Å²) < 4.78 is 7.33. The number of amides is 1. The predicted molar refractivity (Wildman–Crippen MR) is 104 cm³/mol. The first-order chi connectivity index (χ1) is 12.5. The summed E-state index contributed by atoms with van der Waals surface area (Å²) in [5.74, 6) is 0.937. The van der Waals surface area contributed by atoms with Crippen LogP contribution in [-0.2, 0) is 11.5 Å². The van der Waals surface area contributed by atoms with Crippen molar-refractivity contribution >= 4 is 35.4 Å². The Morgan fingerprint density at radius 3 is 2.85 bits per heavy atom. The maximum Gasteiger partial charge on any atom is 0.288 e. The Hall–Kier alpha value is -1.70. The first-order valence-corrected chi connectivity index (χ1v) is 9.62. The Kier molecular flexibility index (Phi) is 6.45. The van der Waals surface area contributed by atoms with Crippen LogP contribution in [0.4, 0.5) is 5.69 Å². The summed E-state index contributed by atoms with van der Waals surface area (Å²) >= 11 is 11.3. The minimum Gasteiger partial charge on any atom is -0.414 e. The first-order valence-electron chi connectivity index (χ1n) is 8.83. The van der Waals surface area contributed by atoms with Crippen LogP contribution in [0, 0.1) is 4.84 Å². The van der Waals surface area contributed by atoms with Crippen LogP contribution >= 0.6 is 23.8 Å². The summed E-state index contributed by atoms with van der Waals surface area (Å²) in [5, 5.41) is 7.85. The number of hydrogen-bond donors (Lipinski definition) is 1. The fraction of sp³-hybridized carbons (Fsp3) is 0.500. The molecular weight excluding hydrogens is 372 g/mol. The number of carbonyl (C=O) groups is 1. The molecular formula is C18H23ClN4O2S. The van der Waals surface area contributed by atoms with Crippen molar-refractivity contribution in [2.75, 3.05) is 18.9 Å². The number of halogens is 1. The van der Waals surface area contributed by atoms with E-state index in [4.69, 9.17) is 28.2 Å². The van der Waals surface area contributed by atoms with Gasteiger partial charge in [-0.3, -0.25) is 9.69 Å². The smallest absolute Gasteiger partial charge is 0.288 e. The standard InChI is InChI=1S/C18H23ClN4O2S/c1-22(11-16(24)20-15-10-6-5-9-14(15)19)12-23-18(26)25-17(21-23)13-7-3-2-4-8-13/h5-6,9-10,13H,2-4,7-8,11-12H2,1H3,(H,20,24). The summed E-state index contributed by atoms with van der Waals surface area (Å²) in [7, 11) is 1.84. The van der Waals surface area contributed by atoms with Crippen molar-refractivity contribution < 1.29 is 9.21 Å². The van der Waals surface area contributed by atoms with Crippen LogP contribution < -0.4 is 5.32 Å². The second-order valence-corrected chi connectivity index (χ2v) is 7.48. The SMILES string of the molecule is CN(CC(=O)Nc1ccccc1Cl)Cn1nc(C2CCCCC2)oc1=S. The number of benzene rings is 1. The van der Waals surface area contributed by atoms with Gasteiger partial charge in [0.2, 0.25) is 11.8 Å². The van der Waals surface area contributed by atoms with Gasteiger partial charge >= 0.3 is 0 Å². The minimum atomic E-state index is -0.150. The number of carbonyl (C=O) groups excluding carboxylic acids is 1. The number of hydrogen-bond acceptors (Lipinski definition) is 5. The van der Waals surface area contributed by atoms with Crippen LogP contribution in [0.5, 0.6) is 0 Å². The maximum absolute atomic E-state index is 12.2. The lowest BCUT2D eigenvalue weighted by atomic mass is 9.89. The molecule has 1 aliphatic carbocycles. The van der Waals surface area contributed by atoms with Crippen LogP contribution in [0.2, 0.25) is 5.02 Å². The van der Waals surface area contributed by atoms with Gasteiger partial charge < -0.3 is 9.73 Å². The minimum absolute atomic E-state index is 0.150. The normalized spacial score (nSPS) is 15.3. The summed E-state index contributed by atoms with van der Waals surface area (Å²) in [6.07, 6.45) is 5.90. The molecule has 0 bridgehead atoms. The molecule has 1 aromatic heterocycles. The van der Waals surface area contributed by atoms with E-state index in [0.29, 0.717) is 28.1 Å². The van der Waals surface area contributed by atoms with E-state index in [2.05, 4.69) is 10.4 Å². The van der Waals surface area contributed by atoms with E-state index in [1.54, 1.807) is 16.8 Å². The zero-order valence-electron chi connectivity index (χ0n) is 14.8. The molecule has 0 spiro atoms. The molecule has 0 atom stereocenters. The molecule has 0 radical (unpaired) electrons. The molecule has 0 saturated heterocycles.